The first kappa shape index (κ1) is 18.5. The van der Waals surface area contributed by atoms with E-state index in [-0.39, 0.29) is 5.69 Å². The minimum absolute atomic E-state index is 0.112. The molecule has 0 aliphatic carbocycles. The lowest BCUT2D eigenvalue weighted by Crippen LogP contribution is -2.17. The van der Waals surface area contributed by atoms with E-state index in [0.717, 1.165) is 23.4 Å². The summed E-state index contributed by atoms with van der Waals surface area (Å²) >= 11 is 5.99. The number of hydrazone groups is 1. The highest BCUT2D eigenvalue weighted by molar-refractivity contribution is 6.33. The summed E-state index contributed by atoms with van der Waals surface area (Å²) in [5, 5.41) is 15.0. The molecule has 0 saturated heterocycles. The molecular formula is C18H16ClN5O3. The number of imidazole rings is 1. The van der Waals surface area contributed by atoms with Crippen LogP contribution in [0.25, 0.3) is 11.0 Å². The van der Waals surface area contributed by atoms with Crippen molar-refractivity contribution in [3.8, 4) is 0 Å². The molecule has 0 unspecified atom stereocenters. The van der Waals surface area contributed by atoms with Gasteiger partial charge in [0.15, 0.2) is 0 Å². The van der Waals surface area contributed by atoms with Gasteiger partial charge < -0.3 is 4.57 Å². The molecule has 0 fully saturated rings. The van der Waals surface area contributed by atoms with Crippen LogP contribution < -0.4 is 5.43 Å². The normalized spacial score (nSPS) is 11.2. The Morgan fingerprint density at radius 1 is 1.37 bits per heavy atom. The molecule has 1 N–H and O–H groups in total. The molecule has 138 valence electrons. The number of hydrogen-bond donors (Lipinski definition) is 1. The second kappa shape index (κ2) is 7.55. The Hall–Kier alpha value is -3.26. The lowest BCUT2D eigenvalue weighted by Gasteiger charge is -2.03. The highest BCUT2D eigenvalue weighted by atomic mass is 35.5. The molecule has 1 amide bonds. The predicted molar refractivity (Wildman–Crippen MR) is 103 cm³/mol. The Morgan fingerprint density at radius 2 is 2.15 bits per heavy atom. The quantitative estimate of drug-likeness (QED) is 0.411. The fourth-order valence-electron chi connectivity index (χ4n) is 2.76. The number of halogens is 1. The molecule has 9 heteroatoms. The molecule has 1 heterocycles. The Balaban J connectivity index is 1.78. The molecule has 3 aromatic rings. The van der Waals surface area contributed by atoms with Crippen LogP contribution in [0.5, 0.6) is 0 Å². The maximum absolute atomic E-state index is 12.3. The molecule has 0 aliphatic heterocycles. The Morgan fingerprint density at radius 3 is 2.85 bits per heavy atom. The van der Waals surface area contributed by atoms with Gasteiger partial charge in [0.2, 0.25) is 0 Å². The average molecular weight is 386 g/mol. The number of benzene rings is 2. The molecule has 0 radical (unpaired) electrons. The molecule has 27 heavy (non-hydrogen) atoms. The summed E-state index contributed by atoms with van der Waals surface area (Å²) in [7, 11) is 0. The SMILES string of the molecule is CCn1c(C)nc2cc(C(=O)N/N=C\c3cc([N+](=O)[O-])ccc3Cl)ccc21. The van der Waals surface area contributed by atoms with E-state index in [9.17, 15) is 14.9 Å². The number of nitrogens with one attached hydrogen (secondary N) is 1. The summed E-state index contributed by atoms with van der Waals surface area (Å²) in [6, 6.07) is 9.22. The molecule has 0 bridgehead atoms. The highest BCUT2D eigenvalue weighted by Gasteiger charge is 2.11. The van der Waals surface area contributed by atoms with E-state index >= 15 is 0 Å². The zero-order valence-corrected chi connectivity index (χ0v) is 15.4. The number of nitro benzene ring substituents is 1. The zero-order chi connectivity index (χ0) is 19.6. The lowest BCUT2D eigenvalue weighted by atomic mass is 10.2. The molecule has 0 atom stereocenters. The van der Waals surface area contributed by atoms with Crippen LogP contribution in [0.4, 0.5) is 5.69 Å². The van der Waals surface area contributed by atoms with Crippen LogP contribution in [0.2, 0.25) is 5.02 Å². The number of aromatic nitrogens is 2. The van der Waals surface area contributed by atoms with Crippen LogP contribution in [-0.2, 0) is 6.54 Å². The first-order valence-electron chi connectivity index (χ1n) is 8.15. The largest absolute Gasteiger partial charge is 0.329 e. The Kier molecular flexibility index (Phi) is 5.18. The minimum atomic E-state index is -0.529. The van der Waals surface area contributed by atoms with Gasteiger partial charge in [0.25, 0.3) is 11.6 Å². The van der Waals surface area contributed by atoms with Gasteiger partial charge in [-0.05, 0) is 38.1 Å². The summed E-state index contributed by atoms with van der Waals surface area (Å²) in [4.78, 5) is 27.1. The van der Waals surface area contributed by atoms with Crippen molar-refractivity contribution < 1.29 is 9.72 Å². The van der Waals surface area contributed by atoms with Crippen LogP contribution in [-0.4, -0.2) is 26.6 Å². The standard InChI is InChI=1S/C18H16ClN5O3/c1-3-23-11(2)21-16-9-12(4-7-17(16)23)18(25)22-20-10-13-8-14(24(26)27)5-6-15(13)19/h4-10H,3H2,1-2H3,(H,22,25)/b20-10-. The number of carbonyl (C=O) groups is 1. The van der Waals surface area contributed by atoms with E-state index in [1.807, 2.05) is 19.9 Å². The van der Waals surface area contributed by atoms with E-state index in [4.69, 9.17) is 11.6 Å². The number of aryl methyl sites for hydroxylation is 2. The van der Waals surface area contributed by atoms with Gasteiger partial charge in [-0.1, -0.05) is 11.6 Å². The van der Waals surface area contributed by atoms with Gasteiger partial charge in [-0.25, -0.2) is 10.4 Å². The van der Waals surface area contributed by atoms with Gasteiger partial charge >= 0.3 is 0 Å². The van der Waals surface area contributed by atoms with Gasteiger partial charge in [-0.15, -0.1) is 0 Å². The van der Waals surface area contributed by atoms with Crippen LogP contribution in [0.15, 0.2) is 41.5 Å². The molecule has 0 aliphatic rings. The van der Waals surface area contributed by atoms with Crippen molar-refractivity contribution in [3.05, 3.63) is 68.5 Å². The number of nitrogens with zero attached hydrogens (tertiary/aromatic N) is 4. The maximum Gasteiger partial charge on any atom is 0.271 e. The second-order valence-corrected chi connectivity index (χ2v) is 6.18. The highest BCUT2D eigenvalue weighted by Crippen LogP contribution is 2.20. The number of amides is 1. The third-order valence-electron chi connectivity index (χ3n) is 4.08. The monoisotopic (exact) mass is 385 g/mol. The van der Waals surface area contributed by atoms with Crippen molar-refractivity contribution >= 4 is 40.4 Å². The summed E-state index contributed by atoms with van der Waals surface area (Å²) in [6.45, 7) is 4.74. The molecule has 0 saturated carbocycles. The van der Waals surface area contributed by atoms with Crippen molar-refractivity contribution in [1.29, 1.82) is 0 Å². The fourth-order valence-corrected chi connectivity index (χ4v) is 2.93. The van der Waals surface area contributed by atoms with Crippen LogP contribution >= 0.6 is 11.6 Å². The number of nitro groups is 1. The molecule has 2 aromatic carbocycles. The summed E-state index contributed by atoms with van der Waals surface area (Å²) in [6.07, 6.45) is 1.27. The average Bonchev–Trinajstić information content (AvgIpc) is 2.96. The second-order valence-electron chi connectivity index (χ2n) is 5.77. The van der Waals surface area contributed by atoms with Crippen molar-refractivity contribution in [3.63, 3.8) is 0 Å². The van der Waals surface area contributed by atoms with E-state index in [1.54, 1.807) is 12.1 Å². The van der Waals surface area contributed by atoms with E-state index in [2.05, 4.69) is 20.1 Å². The summed E-state index contributed by atoms with van der Waals surface area (Å²) < 4.78 is 2.06. The van der Waals surface area contributed by atoms with E-state index in [1.165, 1.54) is 24.4 Å². The third kappa shape index (κ3) is 3.80. The molecular weight excluding hydrogens is 370 g/mol. The molecule has 8 nitrogen and oxygen atoms in total. The number of rotatable bonds is 5. The Labute approximate surface area is 159 Å². The number of hydrogen-bond acceptors (Lipinski definition) is 5. The number of fused-ring (bicyclic) bond motifs is 1. The van der Waals surface area contributed by atoms with Gasteiger partial charge in [-0.2, -0.15) is 5.10 Å². The van der Waals surface area contributed by atoms with E-state index in [0.29, 0.717) is 16.1 Å². The van der Waals surface area contributed by atoms with Gasteiger partial charge in [0, 0.05) is 34.8 Å². The van der Waals surface area contributed by atoms with Crippen LogP contribution in [0, 0.1) is 17.0 Å². The summed E-state index contributed by atoms with van der Waals surface area (Å²) in [5.74, 6) is 0.460. The smallest absolute Gasteiger partial charge is 0.271 e. The van der Waals surface area contributed by atoms with Gasteiger partial charge in [-0.3, -0.25) is 14.9 Å². The number of non-ortho nitro benzene ring substituents is 1. The lowest BCUT2D eigenvalue weighted by molar-refractivity contribution is -0.384. The van der Waals surface area contributed by atoms with Crippen LogP contribution in [0.3, 0.4) is 0 Å². The fraction of sp³-hybridized carbons (Fsp3) is 0.167. The van der Waals surface area contributed by atoms with Crippen molar-refractivity contribution in [2.45, 2.75) is 20.4 Å². The maximum atomic E-state index is 12.3. The Bertz CT molecular complexity index is 1070. The minimum Gasteiger partial charge on any atom is -0.329 e. The van der Waals surface area contributed by atoms with Crippen LogP contribution in [0.1, 0.15) is 28.7 Å². The summed E-state index contributed by atoms with van der Waals surface area (Å²) in [5.41, 5.74) is 4.71. The third-order valence-corrected chi connectivity index (χ3v) is 4.42. The topological polar surface area (TPSA) is 102 Å². The number of carbonyl (C=O) groups excluding carboxylic acids is 1. The molecule has 3 rings (SSSR count). The first-order valence-corrected chi connectivity index (χ1v) is 8.52. The van der Waals surface area contributed by atoms with Crippen molar-refractivity contribution in [2.75, 3.05) is 0 Å². The first-order chi connectivity index (χ1) is 12.9. The molecule has 0 spiro atoms. The van der Waals surface area contributed by atoms with Crippen molar-refractivity contribution in [1.82, 2.24) is 15.0 Å². The predicted octanol–water partition coefficient (Wildman–Crippen LogP) is 3.69. The molecule has 1 aromatic heterocycles. The van der Waals surface area contributed by atoms with E-state index < -0.39 is 10.8 Å². The van der Waals surface area contributed by atoms with Gasteiger partial charge in [0.05, 0.1) is 22.2 Å². The van der Waals surface area contributed by atoms with Crippen molar-refractivity contribution in [2.24, 2.45) is 5.10 Å². The van der Waals surface area contributed by atoms with Gasteiger partial charge in [0.1, 0.15) is 5.82 Å². The zero-order valence-electron chi connectivity index (χ0n) is 14.6.